The Hall–Kier alpha value is -1.41. The Morgan fingerprint density at radius 1 is 1.24 bits per heavy atom. The molecule has 1 amide bonds. The van der Waals surface area contributed by atoms with Gasteiger partial charge in [0.25, 0.3) is 5.91 Å². The molecule has 3 fully saturated rings. The van der Waals surface area contributed by atoms with Crippen molar-refractivity contribution in [3.05, 3.63) is 28.7 Å². The van der Waals surface area contributed by atoms with Crippen LogP contribution >= 0.6 is 31.9 Å². The van der Waals surface area contributed by atoms with Crippen LogP contribution in [0.25, 0.3) is 0 Å². The van der Waals surface area contributed by atoms with Crippen LogP contribution in [0.5, 0.6) is 0 Å². The van der Waals surface area contributed by atoms with Gasteiger partial charge in [0.1, 0.15) is 6.10 Å². The van der Waals surface area contributed by atoms with Gasteiger partial charge in [-0.05, 0) is 36.6 Å². The van der Waals surface area contributed by atoms with Crippen LogP contribution in [0, 0.1) is 23.7 Å². The molecule has 8 heteroatoms. The lowest BCUT2D eigenvalue weighted by molar-refractivity contribution is -0.157. The largest absolute Gasteiger partial charge is 0.461 e. The number of amides is 1. The Balaban J connectivity index is 1.35. The van der Waals surface area contributed by atoms with Gasteiger partial charge < -0.3 is 14.8 Å². The molecule has 1 heterocycles. The third kappa shape index (κ3) is 2.89. The zero-order valence-electron chi connectivity index (χ0n) is 13.0. The fourth-order valence-corrected chi connectivity index (χ4v) is 5.57. The maximum absolute atomic E-state index is 12.5. The van der Waals surface area contributed by atoms with Crippen molar-refractivity contribution >= 4 is 55.4 Å². The first-order valence-corrected chi connectivity index (χ1v) is 9.73. The van der Waals surface area contributed by atoms with Crippen LogP contribution in [0.4, 0.5) is 5.69 Å². The Labute approximate surface area is 160 Å². The summed E-state index contributed by atoms with van der Waals surface area (Å²) < 4.78 is 11.5. The molecule has 0 spiro atoms. The van der Waals surface area contributed by atoms with Crippen LogP contribution < -0.4 is 5.32 Å². The Morgan fingerprint density at radius 2 is 1.96 bits per heavy atom. The summed E-state index contributed by atoms with van der Waals surface area (Å²) in [6.07, 6.45) is 0.647. The standard InChI is InChI=1S/C17H15Br2NO5/c18-7-1-3-8(4-2-7)20-11(21)6-24-16(22)12-9-5-10-13(12)17(23)25-15(10)14(9)19/h1-4,9-10,12-15H,5-6H2,(H,20,21)/t9-,10-,12-,13+,14-,15+/m1/s1. The van der Waals surface area contributed by atoms with Crippen molar-refractivity contribution in [1.29, 1.82) is 0 Å². The Bertz CT molecular complexity index is 737. The average molecular weight is 473 g/mol. The number of fused-ring (bicyclic) bond motifs is 1. The lowest BCUT2D eigenvalue weighted by Gasteiger charge is -2.26. The number of benzene rings is 1. The maximum Gasteiger partial charge on any atom is 0.310 e. The van der Waals surface area contributed by atoms with Crippen LogP contribution in [0.2, 0.25) is 0 Å². The number of carbonyl (C=O) groups is 3. The van der Waals surface area contributed by atoms with E-state index in [0.29, 0.717) is 5.69 Å². The summed E-state index contributed by atoms with van der Waals surface area (Å²) in [6.45, 7) is -0.374. The molecule has 2 aliphatic carbocycles. The van der Waals surface area contributed by atoms with Crippen molar-refractivity contribution in [2.24, 2.45) is 23.7 Å². The zero-order valence-corrected chi connectivity index (χ0v) is 16.2. The van der Waals surface area contributed by atoms with E-state index < -0.39 is 23.7 Å². The van der Waals surface area contributed by atoms with Crippen molar-refractivity contribution in [1.82, 2.24) is 0 Å². The number of esters is 2. The molecule has 1 N–H and O–H groups in total. The summed E-state index contributed by atoms with van der Waals surface area (Å²) in [4.78, 5) is 36.4. The van der Waals surface area contributed by atoms with E-state index in [2.05, 4.69) is 37.2 Å². The Morgan fingerprint density at radius 3 is 2.68 bits per heavy atom. The van der Waals surface area contributed by atoms with Gasteiger partial charge in [0, 0.05) is 16.1 Å². The predicted octanol–water partition coefficient (Wildman–Crippen LogP) is 2.50. The van der Waals surface area contributed by atoms with E-state index in [1.54, 1.807) is 24.3 Å². The highest BCUT2D eigenvalue weighted by molar-refractivity contribution is 9.10. The summed E-state index contributed by atoms with van der Waals surface area (Å²) in [5.74, 6) is -2.08. The van der Waals surface area contributed by atoms with E-state index in [-0.39, 0.29) is 35.3 Å². The van der Waals surface area contributed by atoms with Crippen LogP contribution in [0.15, 0.2) is 28.7 Å². The van der Waals surface area contributed by atoms with Crippen molar-refractivity contribution in [2.45, 2.75) is 17.4 Å². The molecule has 0 radical (unpaired) electrons. The van der Waals surface area contributed by atoms with Gasteiger partial charge in [-0.2, -0.15) is 0 Å². The molecule has 0 aromatic heterocycles. The van der Waals surface area contributed by atoms with Gasteiger partial charge in [-0.3, -0.25) is 14.4 Å². The summed E-state index contributed by atoms with van der Waals surface area (Å²) >= 11 is 6.86. The van der Waals surface area contributed by atoms with Gasteiger partial charge in [0.05, 0.1) is 16.7 Å². The Kier molecular flexibility index (Phi) is 4.35. The van der Waals surface area contributed by atoms with Crippen LogP contribution in [0.1, 0.15) is 6.42 Å². The molecule has 2 saturated carbocycles. The van der Waals surface area contributed by atoms with E-state index in [4.69, 9.17) is 9.47 Å². The fourth-order valence-electron chi connectivity index (χ4n) is 4.26. The molecule has 1 aliphatic heterocycles. The van der Waals surface area contributed by atoms with Gasteiger partial charge in [-0.25, -0.2) is 0 Å². The number of hydrogen-bond donors (Lipinski definition) is 1. The first kappa shape index (κ1) is 17.0. The molecule has 25 heavy (non-hydrogen) atoms. The summed E-state index contributed by atoms with van der Waals surface area (Å²) in [5.41, 5.74) is 0.618. The minimum absolute atomic E-state index is 0.0191. The van der Waals surface area contributed by atoms with Crippen molar-refractivity contribution in [2.75, 3.05) is 11.9 Å². The molecule has 2 bridgehead atoms. The highest BCUT2D eigenvalue weighted by Gasteiger charge is 2.68. The monoisotopic (exact) mass is 471 g/mol. The number of rotatable bonds is 4. The number of anilines is 1. The van der Waals surface area contributed by atoms with E-state index in [0.717, 1.165) is 10.9 Å². The maximum atomic E-state index is 12.5. The van der Waals surface area contributed by atoms with Crippen LogP contribution in [-0.4, -0.2) is 35.4 Å². The summed E-state index contributed by atoms with van der Waals surface area (Å²) in [7, 11) is 0. The highest BCUT2D eigenvalue weighted by atomic mass is 79.9. The molecular formula is C17H15Br2NO5. The van der Waals surface area contributed by atoms with Gasteiger partial charge in [0.15, 0.2) is 6.61 Å². The highest BCUT2D eigenvalue weighted by Crippen LogP contribution is 2.60. The van der Waals surface area contributed by atoms with E-state index in [1.807, 2.05) is 0 Å². The minimum Gasteiger partial charge on any atom is -0.461 e. The van der Waals surface area contributed by atoms with Crippen LogP contribution in [-0.2, 0) is 23.9 Å². The molecular weight excluding hydrogens is 458 g/mol. The molecule has 6 atom stereocenters. The lowest BCUT2D eigenvalue weighted by Crippen LogP contribution is -2.39. The molecule has 0 unspecified atom stereocenters. The van der Waals surface area contributed by atoms with Crippen LogP contribution in [0.3, 0.4) is 0 Å². The zero-order chi connectivity index (χ0) is 17.7. The van der Waals surface area contributed by atoms with Crippen molar-refractivity contribution in [3.63, 3.8) is 0 Å². The molecule has 1 saturated heterocycles. The summed E-state index contributed by atoms with van der Waals surface area (Å²) in [6, 6.07) is 7.08. The second-order valence-corrected chi connectivity index (χ2v) is 8.60. The van der Waals surface area contributed by atoms with Gasteiger partial charge >= 0.3 is 11.9 Å². The topological polar surface area (TPSA) is 81.7 Å². The number of ether oxygens (including phenoxy) is 2. The predicted molar refractivity (Wildman–Crippen MR) is 94.9 cm³/mol. The number of alkyl halides is 1. The normalized spacial score (nSPS) is 34.7. The third-order valence-electron chi connectivity index (χ3n) is 5.27. The average Bonchev–Trinajstić information content (AvgIpc) is 3.19. The molecule has 4 rings (SSSR count). The minimum atomic E-state index is -0.527. The SMILES string of the molecule is O=C(COC(=O)[C@@H]1[C@H]2C[C@H]3[C@H](OC(=O)[C@@H]31)[C@@H]2Br)Nc1ccc(Br)cc1. The number of carbonyl (C=O) groups excluding carboxylic acids is 3. The lowest BCUT2D eigenvalue weighted by atomic mass is 9.80. The molecule has 132 valence electrons. The first-order valence-electron chi connectivity index (χ1n) is 8.02. The number of hydrogen-bond acceptors (Lipinski definition) is 5. The number of nitrogens with one attached hydrogen (secondary N) is 1. The van der Waals surface area contributed by atoms with Gasteiger partial charge in [0.2, 0.25) is 0 Å². The van der Waals surface area contributed by atoms with Crippen molar-refractivity contribution in [3.8, 4) is 0 Å². The second kappa shape index (κ2) is 6.39. The van der Waals surface area contributed by atoms with Gasteiger partial charge in [-0.15, -0.1) is 0 Å². The molecule has 1 aromatic rings. The molecule has 3 aliphatic rings. The molecule has 6 nitrogen and oxygen atoms in total. The first-order chi connectivity index (χ1) is 12.0. The number of halogens is 2. The third-order valence-corrected chi connectivity index (χ3v) is 7.00. The molecule has 1 aromatic carbocycles. The smallest absolute Gasteiger partial charge is 0.310 e. The quantitative estimate of drug-likeness (QED) is 0.537. The fraction of sp³-hybridized carbons (Fsp3) is 0.471. The van der Waals surface area contributed by atoms with Crippen molar-refractivity contribution < 1.29 is 23.9 Å². The van der Waals surface area contributed by atoms with E-state index in [1.165, 1.54) is 0 Å². The van der Waals surface area contributed by atoms with Gasteiger partial charge in [-0.1, -0.05) is 31.9 Å². The van der Waals surface area contributed by atoms with E-state index >= 15 is 0 Å². The van der Waals surface area contributed by atoms with E-state index in [9.17, 15) is 14.4 Å². The second-order valence-electron chi connectivity index (χ2n) is 6.62. The summed E-state index contributed by atoms with van der Waals surface area (Å²) in [5, 5.41) is 2.66.